The molecule has 8 nitrogen and oxygen atoms in total. The fourth-order valence-corrected chi connectivity index (χ4v) is 1.88. The second kappa shape index (κ2) is 5.24. The summed E-state index contributed by atoms with van der Waals surface area (Å²) in [6, 6.07) is -0.458. The number of ether oxygens (including phenoxy) is 1. The van der Waals surface area contributed by atoms with Gasteiger partial charge in [-0.15, -0.1) is 13.2 Å². The molecule has 0 aromatic carbocycles. The van der Waals surface area contributed by atoms with Gasteiger partial charge in [-0.2, -0.15) is 13.2 Å². The van der Waals surface area contributed by atoms with Crippen molar-refractivity contribution in [3.63, 3.8) is 0 Å². The molecule has 1 heterocycles. The maximum atomic E-state index is 12.5. The minimum absolute atomic E-state index is 0.458. The van der Waals surface area contributed by atoms with Crippen LogP contribution in [0.2, 0.25) is 0 Å². The Kier molecular flexibility index (Phi) is 4.26. The van der Waals surface area contributed by atoms with Gasteiger partial charge in [0.25, 0.3) is 15.0 Å². The van der Waals surface area contributed by atoms with Gasteiger partial charge in [-0.05, 0) is 0 Å². The summed E-state index contributed by atoms with van der Waals surface area (Å²) in [4.78, 5) is 11.3. The van der Waals surface area contributed by atoms with Crippen LogP contribution in [0.15, 0.2) is 11.1 Å². The fourth-order valence-electron chi connectivity index (χ4n) is 1.21. The predicted molar refractivity (Wildman–Crippen MR) is 53.9 cm³/mol. The van der Waals surface area contributed by atoms with E-state index in [9.17, 15) is 44.9 Å². The van der Waals surface area contributed by atoms with E-state index in [4.69, 9.17) is 0 Å². The zero-order valence-corrected chi connectivity index (χ0v) is 10.6. The molecular formula is C7H3F6N3O5S. The number of sulfonamides is 1. The number of hydrogen-bond acceptors (Lipinski definition) is 6. The Labute approximate surface area is 116 Å². The van der Waals surface area contributed by atoms with Crippen molar-refractivity contribution in [2.45, 2.75) is 17.6 Å². The van der Waals surface area contributed by atoms with Crippen molar-refractivity contribution < 1.29 is 44.4 Å². The number of alkyl halides is 6. The molecule has 0 atom stereocenters. The first-order valence-electron chi connectivity index (χ1n) is 4.68. The van der Waals surface area contributed by atoms with Crippen molar-refractivity contribution in [3.05, 3.63) is 21.9 Å². The van der Waals surface area contributed by atoms with Gasteiger partial charge in [-0.25, -0.2) is 18.5 Å². The molecule has 0 aliphatic rings. The van der Waals surface area contributed by atoms with Crippen LogP contribution in [0.25, 0.3) is 0 Å². The number of halogens is 6. The Bertz CT molecular complexity index is 713. The summed E-state index contributed by atoms with van der Waals surface area (Å²) >= 11 is 0. The second-order valence-electron chi connectivity index (χ2n) is 3.51. The SMILES string of the molecule is NS(=O)(=O)c1nc(C(F)(F)F)cc(OC(F)(F)F)c1[N+](=O)[O-]. The molecule has 124 valence electrons. The van der Waals surface area contributed by atoms with Crippen LogP contribution < -0.4 is 9.88 Å². The highest BCUT2D eigenvalue weighted by Gasteiger charge is 2.43. The number of pyridine rings is 1. The topological polar surface area (TPSA) is 125 Å². The van der Waals surface area contributed by atoms with Crippen molar-refractivity contribution in [1.82, 2.24) is 4.98 Å². The lowest BCUT2D eigenvalue weighted by Crippen LogP contribution is -2.23. The molecule has 15 heteroatoms. The van der Waals surface area contributed by atoms with Crippen LogP contribution >= 0.6 is 0 Å². The van der Waals surface area contributed by atoms with Crippen LogP contribution in [-0.2, 0) is 16.2 Å². The quantitative estimate of drug-likeness (QED) is 0.498. The van der Waals surface area contributed by atoms with Crippen LogP contribution in [0.1, 0.15) is 5.69 Å². The first-order valence-corrected chi connectivity index (χ1v) is 6.22. The first-order chi connectivity index (χ1) is 9.63. The number of aromatic nitrogens is 1. The van der Waals surface area contributed by atoms with Crippen molar-refractivity contribution in [2.75, 3.05) is 0 Å². The van der Waals surface area contributed by atoms with E-state index in [0.717, 1.165) is 0 Å². The Morgan fingerprint density at radius 1 is 1.23 bits per heavy atom. The molecule has 0 aliphatic heterocycles. The van der Waals surface area contributed by atoms with Crippen molar-refractivity contribution >= 4 is 15.7 Å². The third kappa shape index (κ3) is 4.17. The van der Waals surface area contributed by atoms with E-state index in [1.54, 1.807) is 0 Å². The third-order valence-corrected chi connectivity index (χ3v) is 2.72. The molecule has 0 amide bonds. The first kappa shape index (κ1) is 17.9. The van der Waals surface area contributed by atoms with E-state index >= 15 is 0 Å². The highest BCUT2D eigenvalue weighted by atomic mass is 32.2. The minimum atomic E-state index is -5.62. The Morgan fingerprint density at radius 3 is 2.05 bits per heavy atom. The van der Waals surface area contributed by atoms with Gasteiger partial charge in [0.2, 0.25) is 5.75 Å². The lowest BCUT2D eigenvalue weighted by atomic mass is 10.3. The van der Waals surface area contributed by atoms with Gasteiger partial charge in [0, 0.05) is 6.07 Å². The average molecular weight is 355 g/mol. The summed E-state index contributed by atoms with van der Waals surface area (Å²) in [5.41, 5.74) is -4.13. The molecule has 0 fully saturated rings. The second-order valence-corrected chi connectivity index (χ2v) is 4.98. The van der Waals surface area contributed by atoms with Crippen molar-refractivity contribution in [2.24, 2.45) is 5.14 Å². The number of hydrogen-bond donors (Lipinski definition) is 1. The van der Waals surface area contributed by atoms with Gasteiger partial charge in [0.15, 0.2) is 0 Å². The summed E-state index contributed by atoms with van der Waals surface area (Å²) in [7, 11) is -5.24. The number of nitrogens with zero attached hydrogens (tertiary/aromatic N) is 2. The fraction of sp³-hybridized carbons (Fsp3) is 0.286. The van der Waals surface area contributed by atoms with E-state index < -0.39 is 55.7 Å². The molecule has 1 aromatic heterocycles. The summed E-state index contributed by atoms with van der Waals surface area (Å²) in [6.07, 6.45) is -11.0. The number of nitro groups is 1. The standard InChI is InChI=1S/C7H3F6N3O5S/c8-6(9,10)3-1-2(21-7(11,12)13)4(16(17)18)5(15-3)22(14,19)20/h1H,(H2,14,19,20). The Hall–Kier alpha value is -2.16. The molecule has 0 saturated carbocycles. The Morgan fingerprint density at radius 2 is 1.73 bits per heavy atom. The maximum Gasteiger partial charge on any atom is 0.573 e. The van der Waals surface area contributed by atoms with Crippen molar-refractivity contribution in [1.29, 1.82) is 0 Å². The molecule has 0 saturated heterocycles. The maximum absolute atomic E-state index is 12.5. The average Bonchev–Trinajstić information content (AvgIpc) is 2.22. The van der Waals surface area contributed by atoms with Crippen LogP contribution in [0.3, 0.4) is 0 Å². The molecule has 2 N–H and O–H groups in total. The third-order valence-electron chi connectivity index (χ3n) is 1.89. The lowest BCUT2D eigenvalue weighted by molar-refractivity contribution is -0.392. The van der Waals surface area contributed by atoms with Gasteiger partial charge >= 0.3 is 18.2 Å². The van der Waals surface area contributed by atoms with Gasteiger partial charge in [0.05, 0.1) is 4.92 Å². The van der Waals surface area contributed by atoms with Gasteiger partial charge in [-0.1, -0.05) is 0 Å². The van der Waals surface area contributed by atoms with E-state index in [2.05, 4.69) is 14.9 Å². The molecule has 22 heavy (non-hydrogen) atoms. The highest BCUT2D eigenvalue weighted by molar-refractivity contribution is 7.89. The Balaban J connectivity index is 3.83. The van der Waals surface area contributed by atoms with E-state index in [1.807, 2.05) is 0 Å². The number of nitrogens with two attached hydrogens (primary N) is 1. The largest absolute Gasteiger partial charge is 0.573 e. The van der Waals surface area contributed by atoms with Crippen molar-refractivity contribution in [3.8, 4) is 5.75 Å². The van der Waals surface area contributed by atoms with E-state index in [-0.39, 0.29) is 0 Å². The summed E-state index contributed by atoms with van der Waals surface area (Å²) < 4.78 is 99.0. The summed E-state index contributed by atoms with van der Waals surface area (Å²) in [5.74, 6) is -2.01. The summed E-state index contributed by atoms with van der Waals surface area (Å²) in [5, 5.41) is 13.1. The van der Waals surface area contributed by atoms with E-state index in [0.29, 0.717) is 0 Å². The lowest BCUT2D eigenvalue weighted by Gasteiger charge is -2.13. The van der Waals surface area contributed by atoms with Crippen LogP contribution in [0, 0.1) is 10.1 Å². The van der Waals surface area contributed by atoms with Gasteiger partial charge in [-0.3, -0.25) is 10.1 Å². The molecule has 0 bridgehead atoms. The summed E-state index contributed by atoms with van der Waals surface area (Å²) in [6.45, 7) is 0. The highest BCUT2D eigenvalue weighted by Crippen LogP contribution is 2.40. The monoisotopic (exact) mass is 355 g/mol. The van der Waals surface area contributed by atoms with Gasteiger partial charge in [0.1, 0.15) is 5.69 Å². The molecule has 0 radical (unpaired) electrons. The van der Waals surface area contributed by atoms with Crippen LogP contribution in [-0.4, -0.2) is 24.7 Å². The molecule has 1 rings (SSSR count). The van der Waals surface area contributed by atoms with Crippen LogP contribution in [0.4, 0.5) is 32.0 Å². The molecule has 0 unspecified atom stereocenters. The smallest absolute Gasteiger partial charge is 0.398 e. The molecule has 0 aliphatic carbocycles. The van der Waals surface area contributed by atoms with Gasteiger partial charge < -0.3 is 4.74 Å². The predicted octanol–water partition coefficient (Wildman–Crippen LogP) is 1.55. The molecule has 1 aromatic rings. The van der Waals surface area contributed by atoms with E-state index in [1.165, 1.54) is 0 Å². The molecular weight excluding hydrogens is 352 g/mol. The zero-order chi connectivity index (χ0) is 17.5. The normalized spacial score (nSPS) is 13.0. The van der Waals surface area contributed by atoms with Crippen LogP contribution in [0.5, 0.6) is 5.75 Å². The number of primary sulfonamides is 1. The minimum Gasteiger partial charge on any atom is -0.398 e. The number of rotatable bonds is 3. The molecule has 0 spiro atoms. The zero-order valence-electron chi connectivity index (χ0n) is 9.77.